The molecule has 4 nitrogen and oxygen atoms in total. The molecular formula is C15H16FN3O. The molecule has 1 amide bonds. The van der Waals surface area contributed by atoms with E-state index >= 15 is 0 Å². The Labute approximate surface area is 116 Å². The summed E-state index contributed by atoms with van der Waals surface area (Å²) < 4.78 is 13.6. The largest absolute Gasteiger partial charge is 0.366 e. The maximum atomic E-state index is 13.6. The molecule has 0 atom stereocenters. The molecule has 1 heterocycles. The molecule has 1 aromatic heterocycles. The monoisotopic (exact) mass is 273 g/mol. The first-order valence-corrected chi connectivity index (χ1v) is 6.27. The van der Waals surface area contributed by atoms with E-state index in [1.54, 1.807) is 6.20 Å². The number of primary amides is 1. The van der Waals surface area contributed by atoms with E-state index in [-0.39, 0.29) is 5.82 Å². The number of pyridine rings is 1. The van der Waals surface area contributed by atoms with Gasteiger partial charge < -0.3 is 11.1 Å². The van der Waals surface area contributed by atoms with Crippen LogP contribution in [0.5, 0.6) is 0 Å². The normalized spacial score (nSPS) is 10.5. The highest BCUT2D eigenvalue weighted by Gasteiger charge is 2.06. The lowest BCUT2D eigenvalue weighted by Crippen LogP contribution is -2.16. The number of aromatic nitrogens is 1. The number of benzene rings is 1. The molecule has 5 heteroatoms. The Kier molecular flexibility index (Phi) is 4.42. The molecule has 0 aliphatic heterocycles. The van der Waals surface area contributed by atoms with Gasteiger partial charge in [0.05, 0.1) is 0 Å². The molecule has 0 bridgehead atoms. The number of rotatable bonds is 5. The SMILES string of the molecule is Cc1ccc(CNCc2cc(C(N)=O)ccc2F)cn1. The maximum absolute atomic E-state index is 13.6. The molecular weight excluding hydrogens is 257 g/mol. The van der Waals surface area contributed by atoms with Gasteiger partial charge in [0, 0.05) is 36.1 Å². The first kappa shape index (κ1) is 14.1. The predicted octanol–water partition coefficient (Wildman–Crippen LogP) is 1.92. The second kappa shape index (κ2) is 6.25. The third kappa shape index (κ3) is 3.61. The van der Waals surface area contributed by atoms with Crippen molar-refractivity contribution in [3.05, 3.63) is 64.7 Å². The zero-order chi connectivity index (χ0) is 14.5. The van der Waals surface area contributed by atoms with Crippen LogP contribution >= 0.6 is 0 Å². The van der Waals surface area contributed by atoms with Crippen LogP contribution in [-0.2, 0) is 13.1 Å². The van der Waals surface area contributed by atoms with Crippen molar-refractivity contribution in [2.75, 3.05) is 0 Å². The molecule has 0 aliphatic carbocycles. The number of nitrogens with two attached hydrogens (primary N) is 1. The molecule has 2 rings (SSSR count). The molecule has 104 valence electrons. The van der Waals surface area contributed by atoms with Crippen molar-refractivity contribution < 1.29 is 9.18 Å². The quantitative estimate of drug-likeness (QED) is 0.874. The summed E-state index contributed by atoms with van der Waals surface area (Å²) in [5, 5.41) is 3.11. The van der Waals surface area contributed by atoms with Crippen LogP contribution in [0.2, 0.25) is 0 Å². The second-order valence-corrected chi connectivity index (χ2v) is 4.58. The molecule has 0 aliphatic rings. The molecule has 0 saturated heterocycles. The second-order valence-electron chi connectivity index (χ2n) is 4.58. The minimum absolute atomic E-state index is 0.306. The molecule has 0 unspecified atom stereocenters. The van der Waals surface area contributed by atoms with Crippen molar-refractivity contribution in [3.63, 3.8) is 0 Å². The number of hydrogen-bond acceptors (Lipinski definition) is 3. The summed E-state index contributed by atoms with van der Waals surface area (Å²) in [7, 11) is 0. The van der Waals surface area contributed by atoms with E-state index in [2.05, 4.69) is 10.3 Å². The van der Waals surface area contributed by atoms with Gasteiger partial charge in [0.1, 0.15) is 5.82 Å². The maximum Gasteiger partial charge on any atom is 0.248 e. The van der Waals surface area contributed by atoms with Crippen LogP contribution in [0.25, 0.3) is 0 Å². The molecule has 0 fully saturated rings. The molecule has 0 radical (unpaired) electrons. The van der Waals surface area contributed by atoms with E-state index < -0.39 is 5.91 Å². The van der Waals surface area contributed by atoms with Gasteiger partial charge in [-0.15, -0.1) is 0 Å². The van der Waals surface area contributed by atoms with E-state index in [4.69, 9.17) is 5.73 Å². The van der Waals surface area contributed by atoms with Crippen molar-refractivity contribution >= 4 is 5.91 Å². The summed E-state index contributed by atoms with van der Waals surface area (Å²) in [6.45, 7) is 2.82. The number of carbonyl (C=O) groups is 1. The molecule has 0 spiro atoms. The Hall–Kier alpha value is -2.27. The van der Waals surface area contributed by atoms with Gasteiger partial charge in [-0.2, -0.15) is 0 Å². The standard InChI is InChI=1S/C15H16FN3O/c1-10-2-3-11(8-19-10)7-18-9-13-6-12(15(17)20)4-5-14(13)16/h2-6,8,18H,7,9H2,1H3,(H2,17,20). The minimum atomic E-state index is -0.561. The summed E-state index contributed by atoms with van der Waals surface area (Å²) in [6, 6.07) is 7.99. The van der Waals surface area contributed by atoms with Crippen LogP contribution in [0.3, 0.4) is 0 Å². The van der Waals surface area contributed by atoms with Crippen LogP contribution in [0.4, 0.5) is 4.39 Å². The average molecular weight is 273 g/mol. The zero-order valence-electron chi connectivity index (χ0n) is 11.2. The van der Waals surface area contributed by atoms with Crippen LogP contribution in [0.15, 0.2) is 36.5 Å². The third-order valence-corrected chi connectivity index (χ3v) is 2.95. The average Bonchev–Trinajstić information content (AvgIpc) is 2.43. The van der Waals surface area contributed by atoms with E-state index in [0.29, 0.717) is 24.2 Å². The Morgan fingerprint density at radius 3 is 2.75 bits per heavy atom. The highest BCUT2D eigenvalue weighted by Crippen LogP contribution is 2.10. The van der Waals surface area contributed by atoms with Crippen molar-refractivity contribution in [1.82, 2.24) is 10.3 Å². The predicted molar refractivity (Wildman–Crippen MR) is 74.4 cm³/mol. The topological polar surface area (TPSA) is 68.0 Å². The zero-order valence-corrected chi connectivity index (χ0v) is 11.2. The van der Waals surface area contributed by atoms with E-state index in [9.17, 15) is 9.18 Å². The fourth-order valence-corrected chi connectivity index (χ4v) is 1.81. The number of aryl methyl sites for hydroxylation is 1. The number of nitrogens with zero attached hydrogens (tertiary/aromatic N) is 1. The van der Waals surface area contributed by atoms with Crippen LogP contribution in [0, 0.1) is 12.7 Å². The number of carbonyl (C=O) groups excluding carboxylic acids is 1. The third-order valence-electron chi connectivity index (χ3n) is 2.95. The Bertz CT molecular complexity index is 611. The number of hydrogen-bond donors (Lipinski definition) is 2. The summed E-state index contributed by atoms with van der Waals surface area (Å²) in [5.41, 5.74) is 7.87. The van der Waals surface area contributed by atoms with Gasteiger partial charge in [-0.05, 0) is 36.8 Å². The molecule has 1 aromatic carbocycles. The van der Waals surface area contributed by atoms with Gasteiger partial charge in [0.2, 0.25) is 5.91 Å². The Morgan fingerprint density at radius 1 is 1.30 bits per heavy atom. The summed E-state index contributed by atoms with van der Waals surface area (Å²) in [6.07, 6.45) is 1.78. The van der Waals surface area contributed by atoms with Gasteiger partial charge in [-0.3, -0.25) is 9.78 Å². The van der Waals surface area contributed by atoms with E-state index in [1.807, 2.05) is 19.1 Å². The van der Waals surface area contributed by atoms with Gasteiger partial charge in [0.25, 0.3) is 0 Å². The van der Waals surface area contributed by atoms with E-state index in [0.717, 1.165) is 11.3 Å². The first-order chi connectivity index (χ1) is 9.56. The lowest BCUT2D eigenvalue weighted by molar-refractivity contribution is 0.1000. The fraction of sp³-hybridized carbons (Fsp3) is 0.200. The van der Waals surface area contributed by atoms with Crippen molar-refractivity contribution in [2.45, 2.75) is 20.0 Å². The van der Waals surface area contributed by atoms with Gasteiger partial charge in [-0.1, -0.05) is 6.07 Å². The van der Waals surface area contributed by atoms with Crippen LogP contribution in [-0.4, -0.2) is 10.9 Å². The Balaban J connectivity index is 1.98. The number of halogens is 1. The highest BCUT2D eigenvalue weighted by molar-refractivity contribution is 5.92. The van der Waals surface area contributed by atoms with Crippen LogP contribution < -0.4 is 11.1 Å². The van der Waals surface area contributed by atoms with Gasteiger partial charge in [-0.25, -0.2) is 4.39 Å². The number of nitrogens with one attached hydrogen (secondary N) is 1. The minimum Gasteiger partial charge on any atom is -0.366 e. The highest BCUT2D eigenvalue weighted by atomic mass is 19.1. The summed E-state index contributed by atoms with van der Waals surface area (Å²) in [4.78, 5) is 15.2. The van der Waals surface area contributed by atoms with Gasteiger partial charge in [0.15, 0.2) is 0 Å². The Morgan fingerprint density at radius 2 is 2.10 bits per heavy atom. The number of amides is 1. The van der Waals surface area contributed by atoms with Crippen molar-refractivity contribution in [1.29, 1.82) is 0 Å². The molecule has 3 N–H and O–H groups in total. The smallest absolute Gasteiger partial charge is 0.248 e. The molecule has 0 saturated carbocycles. The first-order valence-electron chi connectivity index (χ1n) is 6.27. The van der Waals surface area contributed by atoms with Crippen molar-refractivity contribution in [3.8, 4) is 0 Å². The fourth-order valence-electron chi connectivity index (χ4n) is 1.81. The van der Waals surface area contributed by atoms with Crippen molar-refractivity contribution in [2.24, 2.45) is 5.73 Å². The summed E-state index contributed by atoms with van der Waals surface area (Å²) >= 11 is 0. The van der Waals surface area contributed by atoms with Gasteiger partial charge >= 0.3 is 0 Å². The lowest BCUT2D eigenvalue weighted by Gasteiger charge is -2.07. The van der Waals surface area contributed by atoms with Crippen LogP contribution in [0.1, 0.15) is 27.2 Å². The lowest BCUT2D eigenvalue weighted by atomic mass is 10.1. The molecule has 20 heavy (non-hydrogen) atoms. The van der Waals surface area contributed by atoms with E-state index in [1.165, 1.54) is 18.2 Å². The summed E-state index contributed by atoms with van der Waals surface area (Å²) in [5.74, 6) is -0.918. The molecule has 2 aromatic rings.